The number of hydrogen-bond donors (Lipinski definition) is 0. The molecule has 0 bridgehead atoms. The quantitative estimate of drug-likeness (QED) is 0.602. The number of hydrogen-bond acceptors (Lipinski definition) is 3. The van der Waals surface area contributed by atoms with Crippen LogP contribution in [0.2, 0.25) is 0 Å². The van der Waals surface area contributed by atoms with Gasteiger partial charge in [0.25, 0.3) is 5.91 Å². The van der Waals surface area contributed by atoms with E-state index in [-0.39, 0.29) is 23.2 Å². The van der Waals surface area contributed by atoms with Crippen molar-refractivity contribution in [3.63, 3.8) is 0 Å². The summed E-state index contributed by atoms with van der Waals surface area (Å²) in [6.45, 7) is 0.439. The number of nitrogens with zero attached hydrogens (tertiary/aromatic N) is 1. The summed E-state index contributed by atoms with van der Waals surface area (Å²) in [6.07, 6.45) is 0.822. The largest absolute Gasteiger partial charge is 0.468 e. The van der Waals surface area contributed by atoms with E-state index in [0.29, 0.717) is 12.1 Å². The number of alkyl halides is 1. The molecule has 0 N–H and O–H groups in total. The van der Waals surface area contributed by atoms with Crippen LogP contribution in [0, 0.1) is 0 Å². The van der Waals surface area contributed by atoms with E-state index in [1.807, 2.05) is 12.1 Å². The maximum Gasteiger partial charge on any atom is 0.325 e. The molecule has 20 heavy (non-hydrogen) atoms. The van der Waals surface area contributed by atoms with Crippen LogP contribution in [0.4, 0.5) is 0 Å². The molecule has 1 saturated carbocycles. The lowest BCUT2D eigenvalue weighted by atomic mass is 9.86. The molecular weight excluding hydrogens is 346 g/mol. The zero-order chi connectivity index (χ0) is 14.5. The van der Waals surface area contributed by atoms with Gasteiger partial charge >= 0.3 is 5.97 Å². The molecule has 0 saturated heterocycles. The van der Waals surface area contributed by atoms with Gasteiger partial charge in [-0.1, -0.05) is 15.9 Å². The molecule has 1 aromatic carbocycles. The third-order valence-corrected chi connectivity index (χ3v) is 5.10. The lowest BCUT2D eigenvalue weighted by Gasteiger charge is -2.34. The molecular formula is C14H13BrClNO3. The molecule has 0 radical (unpaired) electrons. The van der Waals surface area contributed by atoms with Gasteiger partial charge in [0.15, 0.2) is 0 Å². The van der Waals surface area contributed by atoms with E-state index in [0.717, 1.165) is 16.5 Å². The van der Waals surface area contributed by atoms with Crippen molar-refractivity contribution in [2.75, 3.05) is 20.2 Å². The van der Waals surface area contributed by atoms with E-state index in [1.165, 1.54) is 12.0 Å². The fourth-order valence-corrected chi connectivity index (χ4v) is 3.66. The standard InChI is InChI=1S/C14H13BrClNO3/c1-20-12(18)6-17-7-14(5-11(14)16)10-4-8(15)2-3-9(10)13(17)19/h2-4,11H,5-7H2,1H3/t11?,14-/m0/s1. The molecule has 2 atom stereocenters. The summed E-state index contributed by atoms with van der Waals surface area (Å²) < 4.78 is 5.58. The molecule has 0 aromatic heterocycles. The Morgan fingerprint density at radius 3 is 2.90 bits per heavy atom. The number of amides is 1. The van der Waals surface area contributed by atoms with Gasteiger partial charge in [0.1, 0.15) is 6.54 Å². The Morgan fingerprint density at radius 2 is 2.30 bits per heavy atom. The Labute approximate surface area is 130 Å². The molecule has 2 aliphatic rings. The summed E-state index contributed by atoms with van der Waals surface area (Å²) in [4.78, 5) is 25.4. The average Bonchev–Trinajstić information content (AvgIpc) is 3.06. The Kier molecular flexibility index (Phi) is 3.29. The van der Waals surface area contributed by atoms with Crippen LogP contribution in [-0.2, 0) is 14.9 Å². The van der Waals surface area contributed by atoms with Crippen LogP contribution in [0.5, 0.6) is 0 Å². The number of benzene rings is 1. The summed E-state index contributed by atoms with van der Waals surface area (Å²) in [5.74, 6) is -0.555. The van der Waals surface area contributed by atoms with E-state index in [2.05, 4.69) is 20.7 Å². The molecule has 1 unspecified atom stereocenters. The first-order valence-electron chi connectivity index (χ1n) is 6.28. The first kappa shape index (κ1) is 13.9. The van der Waals surface area contributed by atoms with Crippen LogP contribution in [0.15, 0.2) is 22.7 Å². The minimum atomic E-state index is -0.416. The van der Waals surface area contributed by atoms with Gasteiger partial charge in [-0.05, 0) is 30.2 Å². The fourth-order valence-electron chi connectivity index (χ4n) is 2.83. The second-order valence-electron chi connectivity index (χ2n) is 5.26. The molecule has 1 fully saturated rings. The topological polar surface area (TPSA) is 46.6 Å². The summed E-state index contributed by atoms with van der Waals surface area (Å²) in [7, 11) is 1.32. The highest BCUT2D eigenvalue weighted by atomic mass is 79.9. The van der Waals surface area contributed by atoms with Crippen LogP contribution in [0.25, 0.3) is 0 Å². The molecule has 106 valence electrons. The third-order valence-electron chi connectivity index (χ3n) is 4.04. The normalized spacial score (nSPS) is 27.4. The average molecular weight is 359 g/mol. The Morgan fingerprint density at radius 1 is 1.60 bits per heavy atom. The predicted molar refractivity (Wildman–Crippen MR) is 78.0 cm³/mol. The lowest BCUT2D eigenvalue weighted by Crippen LogP contribution is -2.46. The number of carbonyl (C=O) groups excluding carboxylic acids is 2. The van der Waals surface area contributed by atoms with Gasteiger partial charge in [-0.2, -0.15) is 0 Å². The van der Waals surface area contributed by atoms with Gasteiger partial charge in [-0.3, -0.25) is 9.59 Å². The molecule has 1 aliphatic heterocycles. The van der Waals surface area contributed by atoms with Crippen LogP contribution in [0.3, 0.4) is 0 Å². The Bertz CT molecular complexity index is 606. The van der Waals surface area contributed by atoms with Gasteiger partial charge in [-0.25, -0.2) is 0 Å². The molecule has 3 rings (SSSR count). The highest BCUT2D eigenvalue weighted by Gasteiger charge is 2.59. The van der Waals surface area contributed by atoms with Crippen molar-refractivity contribution < 1.29 is 14.3 Å². The third kappa shape index (κ3) is 2.04. The smallest absolute Gasteiger partial charge is 0.325 e. The zero-order valence-electron chi connectivity index (χ0n) is 10.9. The van der Waals surface area contributed by atoms with Gasteiger partial charge < -0.3 is 9.64 Å². The summed E-state index contributed by atoms with van der Waals surface area (Å²) >= 11 is 9.75. The minimum absolute atomic E-state index is 0.00352. The highest BCUT2D eigenvalue weighted by molar-refractivity contribution is 9.10. The first-order chi connectivity index (χ1) is 9.48. The Balaban J connectivity index is 2.01. The molecule has 1 heterocycles. The predicted octanol–water partition coefficient (Wildman–Crippen LogP) is 2.33. The van der Waals surface area contributed by atoms with Crippen LogP contribution in [-0.4, -0.2) is 42.4 Å². The van der Waals surface area contributed by atoms with Gasteiger partial charge in [0.2, 0.25) is 0 Å². The summed E-state index contributed by atoms with van der Waals surface area (Å²) in [5.41, 5.74) is 1.40. The highest BCUT2D eigenvalue weighted by Crippen LogP contribution is 2.56. The van der Waals surface area contributed by atoms with Crippen molar-refractivity contribution in [1.29, 1.82) is 0 Å². The van der Waals surface area contributed by atoms with E-state index in [9.17, 15) is 9.59 Å². The lowest BCUT2D eigenvalue weighted by molar-refractivity contribution is -0.141. The van der Waals surface area contributed by atoms with Crippen LogP contribution >= 0.6 is 27.5 Å². The minimum Gasteiger partial charge on any atom is -0.468 e. The number of fused-ring (bicyclic) bond motifs is 2. The van der Waals surface area contributed by atoms with E-state index >= 15 is 0 Å². The Hall–Kier alpha value is -1.07. The number of methoxy groups -OCH3 is 1. The first-order valence-corrected chi connectivity index (χ1v) is 7.51. The molecule has 1 spiro atoms. The van der Waals surface area contributed by atoms with Gasteiger partial charge in [0.05, 0.1) is 7.11 Å². The maximum absolute atomic E-state index is 12.5. The van der Waals surface area contributed by atoms with Crippen molar-refractivity contribution >= 4 is 39.4 Å². The molecule has 6 heteroatoms. The number of rotatable bonds is 2. The van der Waals surface area contributed by atoms with Gasteiger partial charge in [0, 0.05) is 27.4 Å². The molecule has 1 amide bonds. The number of esters is 1. The van der Waals surface area contributed by atoms with Crippen LogP contribution in [0.1, 0.15) is 22.3 Å². The fraction of sp³-hybridized carbons (Fsp3) is 0.429. The van der Waals surface area contributed by atoms with Crippen molar-refractivity contribution in [2.24, 2.45) is 0 Å². The van der Waals surface area contributed by atoms with Crippen molar-refractivity contribution in [3.8, 4) is 0 Å². The molecule has 4 nitrogen and oxygen atoms in total. The molecule has 1 aromatic rings. The SMILES string of the molecule is COC(=O)CN1C[C@@]2(CC2Cl)c2cc(Br)ccc2C1=O. The number of halogens is 2. The zero-order valence-corrected chi connectivity index (χ0v) is 13.2. The monoisotopic (exact) mass is 357 g/mol. The molecule has 1 aliphatic carbocycles. The van der Waals surface area contributed by atoms with Gasteiger partial charge in [-0.15, -0.1) is 11.6 Å². The van der Waals surface area contributed by atoms with Crippen LogP contribution < -0.4 is 0 Å². The van der Waals surface area contributed by atoms with Crippen molar-refractivity contribution in [1.82, 2.24) is 4.90 Å². The number of carbonyl (C=O) groups is 2. The maximum atomic E-state index is 12.5. The van der Waals surface area contributed by atoms with Crippen molar-refractivity contribution in [3.05, 3.63) is 33.8 Å². The number of ether oxygens (including phenoxy) is 1. The van der Waals surface area contributed by atoms with E-state index < -0.39 is 5.97 Å². The summed E-state index contributed by atoms with van der Waals surface area (Å²) in [6, 6.07) is 5.58. The summed E-state index contributed by atoms with van der Waals surface area (Å²) in [5, 5.41) is 0.00352. The van der Waals surface area contributed by atoms with E-state index in [1.54, 1.807) is 6.07 Å². The van der Waals surface area contributed by atoms with Crippen molar-refractivity contribution in [2.45, 2.75) is 17.2 Å². The second kappa shape index (κ2) is 4.74. The second-order valence-corrected chi connectivity index (χ2v) is 6.70. The van der Waals surface area contributed by atoms with E-state index in [4.69, 9.17) is 11.6 Å².